The van der Waals surface area contributed by atoms with Crippen LogP contribution in [0.4, 0.5) is 0 Å². The molecule has 3 unspecified atom stereocenters. The van der Waals surface area contributed by atoms with Gasteiger partial charge in [-0.2, -0.15) is 0 Å². The topological polar surface area (TPSA) is 0 Å². The molecular formula is C28H48. The van der Waals surface area contributed by atoms with Gasteiger partial charge in [-0.3, -0.25) is 0 Å². The van der Waals surface area contributed by atoms with Gasteiger partial charge in [0.15, 0.2) is 0 Å². The van der Waals surface area contributed by atoms with Gasteiger partial charge < -0.3 is 0 Å². The first-order chi connectivity index (χ1) is 13.3. The van der Waals surface area contributed by atoms with Crippen LogP contribution < -0.4 is 0 Å². The fourth-order valence-electron chi connectivity index (χ4n) is 8.87. The predicted octanol–water partition coefficient (Wildman–Crippen LogP) is 8.66. The Labute approximate surface area is 176 Å². The molecular weight excluding hydrogens is 336 g/mol. The summed E-state index contributed by atoms with van der Waals surface area (Å²) >= 11 is 0. The Balaban J connectivity index is 1.49. The zero-order valence-electron chi connectivity index (χ0n) is 19.9. The Morgan fingerprint density at radius 3 is 2.50 bits per heavy atom. The highest BCUT2D eigenvalue weighted by Gasteiger charge is 2.58. The van der Waals surface area contributed by atoms with Crippen molar-refractivity contribution in [2.45, 2.75) is 112 Å². The van der Waals surface area contributed by atoms with Crippen molar-refractivity contribution in [2.24, 2.45) is 52.3 Å². The molecule has 0 nitrogen and oxygen atoms in total. The molecule has 0 bridgehead atoms. The van der Waals surface area contributed by atoms with Gasteiger partial charge in [-0.25, -0.2) is 0 Å². The molecule has 3 saturated carbocycles. The summed E-state index contributed by atoms with van der Waals surface area (Å²) in [6.07, 6.45) is 19.0. The molecule has 0 amide bonds. The molecule has 3 fully saturated rings. The zero-order valence-corrected chi connectivity index (χ0v) is 19.9. The number of hydrogen-bond donors (Lipinski definition) is 0. The third-order valence-electron chi connectivity index (χ3n) is 10.6. The van der Waals surface area contributed by atoms with E-state index >= 15 is 0 Å². The lowest BCUT2D eigenvalue weighted by atomic mass is 9.46. The van der Waals surface area contributed by atoms with Crippen molar-refractivity contribution < 1.29 is 0 Å². The molecule has 0 aliphatic heterocycles. The predicted molar refractivity (Wildman–Crippen MR) is 122 cm³/mol. The second-order valence-electron chi connectivity index (χ2n) is 12.6. The van der Waals surface area contributed by atoms with E-state index in [-0.39, 0.29) is 0 Å². The monoisotopic (exact) mass is 384 g/mol. The Hall–Kier alpha value is -0.260. The van der Waals surface area contributed by atoms with Crippen molar-refractivity contribution in [2.75, 3.05) is 0 Å². The highest BCUT2D eigenvalue weighted by atomic mass is 14.6. The fourth-order valence-corrected chi connectivity index (χ4v) is 8.87. The average molecular weight is 385 g/mol. The molecule has 0 aromatic carbocycles. The van der Waals surface area contributed by atoms with Gasteiger partial charge >= 0.3 is 0 Å². The van der Waals surface area contributed by atoms with E-state index < -0.39 is 0 Å². The molecule has 0 N–H and O–H groups in total. The fraction of sp³-hybridized carbons (Fsp3) is 0.929. The minimum absolute atomic E-state index is 0.553. The van der Waals surface area contributed by atoms with Crippen LogP contribution in [0.2, 0.25) is 0 Å². The third-order valence-corrected chi connectivity index (χ3v) is 10.6. The maximum Gasteiger partial charge on any atom is -0.00851 e. The molecule has 28 heavy (non-hydrogen) atoms. The van der Waals surface area contributed by atoms with Gasteiger partial charge in [-0.05, 0) is 104 Å². The van der Waals surface area contributed by atoms with Gasteiger partial charge in [0, 0.05) is 0 Å². The number of fused-ring (bicyclic) bond motifs is 5. The van der Waals surface area contributed by atoms with Crippen molar-refractivity contribution in [3.63, 3.8) is 0 Å². The molecule has 0 saturated heterocycles. The number of hydrogen-bond acceptors (Lipinski definition) is 0. The van der Waals surface area contributed by atoms with Gasteiger partial charge in [0.1, 0.15) is 0 Å². The van der Waals surface area contributed by atoms with Crippen LogP contribution in [0.3, 0.4) is 0 Å². The molecule has 8 atom stereocenters. The van der Waals surface area contributed by atoms with Crippen LogP contribution >= 0.6 is 0 Å². The molecule has 0 spiro atoms. The standard InChI is InChI=1S/C28H48/c1-19(2)8-7-9-21(4)24-12-13-25-23-11-10-22-18-20(3)14-16-27(22,5)26(23)15-17-28(24,25)6/h10,19-21,23-26H,7-9,11-18H2,1-6H3/t20-,21+,23?,24+,25?,26?,27-,28+/m0/s1. The van der Waals surface area contributed by atoms with Crippen LogP contribution in [0.15, 0.2) is 11.6 Å². The molecule has 0 aromatic rings. The number of allylic oxidation sites excluding steroid dienone is 2. The first-order valence-electron chi connectivity index (χ1n) is 12.9. The molecule has 0 heterocycles. The first kappa shape index (κ1) is 21.0. The van der Waals surface area contributed by atoms with E-state index in [9.17, 15) is 0 Å². The summed E-state index contributed by atoms with van der Waals surface area (Å²) < 4.78 is 0. The Bertz CT molecular complexity index is 585. The van der Waals surface area contributed by atoms with Crippen LogP contribution in [0.25, 0.3) is 0 Å². The van der Waals surface area contributed by atoms with Crippen LogP contribution in [-0.4, -0.2) is 0 Å². The summed E-state index contributed by atoms with van der Waals surface area (Å²) in [5.74, 6) is 6.73. The zero-order chi connectivity index (χ0) is 20.1. The smallest absolute Gasteiger partial charge is 0.00851 e. The second kappa shape index (κ2) is 7.77. The third kappa shape index (κ3) is 3.43. The van der Waals surface area contributed by atoms with E-state index in [1.165, 1.54) is 70.6 Å². The maximum absolute atomic E-state index is 2.75. The Kier molecular flexibility index (Phi) is 5.83. The molecule has 4 aliphatic rings. The maximum atomic E-state index is 2.75. The molecule has 0 aromatic heterocycles. The van der Waals surface area contributed by atoms with Crippen LogP contribution in [-0.2, 0) is 0 Å². The van der Waals surface area contributed by atoms with E-state index in [4.69, 9.17) is 0 Å². The van der Waals surface area contributed by atoms with E-state index in [1.807, 2.05) is 5.57 Å². The van der Waals surface area contributed by atoms with Crippen molar-refractivity contribution in [1.29, 1.82) is 0 Å². The van der Waals surface area contributed by atoms with Gasteiger partial charge in [0.25, 0.3) is 0 Å². The largest absolute Gasteiger partial charge is 0.0845 e. The normalized spacial score (nSPS) is 46.5. The SMILES string of the molecule is CC(C)CCC[C@@H](C)[C@H]1CCC2C3CC=C4C[C@@H](C)CC[C@]4(C)C3CC[C@@]21C. The van der Waals surface area contributed by atoms with Crippen LogP contribution in [0.1, 0.15) is 112 Å². The van der Waals surface area contributed by atoms with Gasteiger partial charge in [-0.1, -0.05) is 72.5 Å². The molecule has 0 radical (unpaired) electrons. The van der Waals surface area contributed by atoms with Gasteiger partial charge in [0.05, 0.1) is 0 Å². The summed E-state index contributed by atoms with van der Waals surface area (Å²) in [5, 5.41) is 0. The highest BCUT2D eigenvalue weighted by molar-refractivity contribution is 5.25. The van der Waals surface area contributed by atoms with Crippen molar-refractivity contribution in [3.8, 4) is 0 Å². The molecule has 4 aliphatic carbocycles. The average Bonchev–Trinajstić information content (AvgIpc) is 2.99. The lowest BCUT2D eigenvalue weighted by molar-refractivity contribution is -0.0523. The summed E-state index contributed by atoms with van der Waals surface area (Å²) in [6, 6.07) is 0. The number of rotatable bonds is 5. The van der Waals surface area contributed by atoms with Crippen molar-refractivity contribution >= 4 is 0 Å². The van der Waals surface area contributed by atoms with Crippen LogP contribution in [0, 0.1) is 52.3 Å². The Morgan fingerprint density at radius 2 is 1.75 bits per heavy atom. The summed E-state index contributed by atoms with van der Waals surface area (Å²) in [4.78, 5) is 0. The van der Waals surface area contributed by atoms with Crippen molar-refractivity contribution in [3.05, 3.63) is 11.6 Å². The molecule has 0 heteroatoms. The van der Waals surface area contributed by atoms with Gasteiger partial charge in [0.2, 0.25) is 0 Å². The summed E-state index contributed by atoms with van der Waals surface area (Å²) in [5.41, 5.74) is 3.06. The second-order valence-corrected chi connectivity index (χ2v) is 12.6. The Morgan fingerprint density at radius 1 is 0.964 bits per heavy atom. The summed E-state index contributed by atoms with van der Waals surface area (Å²) in [7, 11) is 0. The first-order valence-corrected chi connectivity index (χ1v) is 12.9. The van der Waals surface area contributed by atoms with E-state index in [2.05, 4.69) is 47.6 Å². The van der Waals surface area contributed by atoms with Gasteiger partial charge in [-0.15, -0.1) is 0 Å². The van der Waals surface area contributed by atoms with Crippen LogP contribution in [0.5, 0.6) is 0 Å². The lowest BCUT2D eigenvalue weighted by Crippen LogP contribution is -2.50. The molecule has 4 rings (SSSR count). The van der Waals surface area contributed by atoms with E-state index in [1.54, 1.807) is 0 Å². The summed E-state index contributed by atoms with van der Waals surface area (Å²) in [6.45, 7) is 15.3. The molecule has 160 valence electrons. The van der Waals surface area contributed by atoms with Crippen molar-refractivity contribution in [1.82, 2.24) is 0 Å². The van der Waals surface area contributed by atoms with E-state index in [0.29, 0.717) is 10.8 Å². The quantitative estimate of drug-likeness (QED) is 0.416. The lowest BCUT2D eigenvalue weighted by Gasteiger charge is -2.58. The minimum atomic E-state index is 0.553. The minimum Gasteiger partial charge on any atom is -0.0845 e. The highest BCUT2D eigenvalue weighted by Crippen LogP contribution is 2.67. The van der Waals surface area contributed by atoms with E-state index in [0.717, 1.165) is 41.4 Å².